The van der Waals surface area contributed by atoms with E-state index in [0.29, 0.717) is 6.07 Å². The average Bonchev–Trinajstić information content (AvgIpc) is 2.68. The Morgan fingerprint density at radius 1 is 1.31 bits per heavy atom. The summed E-state index contributed by atoms with van der Waals surface area (Å²) in [6.07, 6.45) is 1.04. The van der Waals surface area contributed by atoms with Gasteiger partial charge in [0.1, 0.15) is 22.2 Å². The first-order valence-corrected chi connectivity index (χ1v) is 8.99. The minimum atomic E-state index is -1.19. The number of ether oxygens (including phenoxy) is 1. The average molecular weight is 441 g/mol. The van der Waals surface area contributed by atoms with Crippen molar-refractivity contribution in [3.05, 3.63) is 79.1 Å². The maximum absolute atomic E-state index is 14.0. The van der Waals surface area contributed by atoms with Crippen LogP contribution in [-0.4, -0.2) is 28.8 Å². The molecule has 0 aliphatic carbocycles. The second kappa shape index (κ2) is 9.99. The zero-order valence-corrected chi connectivity index (χ0v) is 16.6. The summed E-state index contributed by atoms with van der Waals surface area (Å²) in [5.74, 6) is -2.98. The maximum Gasteiger partial charge on any atom is 0.343 e. The molecule has 2 aromatic carbocycles. The Balaban J connectivity index is 2.56. The largest absolute Gasteiger partial charge is 0.506 e. The summed E-state index contributed by atoms with van der Waals surface area (Å²) in [6.45, 7) is 1.72. The summed E-state index contributed by atoms with van der Waals surface area (Å²) in [7, 11) is 0. The number of rotatable bonds is 7. The highest BCUT2D eigenvalue weighted by molar-refractivity contribution is 6.39. The lowest BCUT2D eigenvalue weighted by Gasteiger charge is -2.10. The van der Waals surface area contributed by atoms with E-state index in [-0.39, 0.29) is 13.2 Å². The number of carbonyl (C=O) groups excluding carboxylic acids is 1. The van der Waals surface area contributed by atoms with Crippen LogP contribution < -0.4 is 0 Å². The number of aliphatic hydroxyl groups is 1. The highest BCUT2D eigenvalue weighted by Crippen LogP contribution is 2.39. The lowest BCUT2D eigenvalue weighted by molar-refractivity contribution is -0.384. The fourth-order valence-electron chi connectivity index (χ4n) is 2.31. The third-order valence-corrected chi connectivity index (χ3v) is 4.40. The predicted octanol–water partition coefficient (Wildman–Crippen LogP) is 5.14. The number of aliphatic imine (C=N–C) groups is 1. The number of halogens is 3. The third-order valence-electron chi connectivity index (χ3n) is 3.66. The molecule has 0 aliphatic heterocycles. The van der Waals surface area contributed by atoms with Crippen molar-refractivity contribution < 1.29 is 24.0 Å². The normalized spacial score (nSPS) is 12.0. The first-order chi connectivity index (χ1) is 13.8. The smallest absolute Gasteiger partial charge is 0.343 e. The molecule has 10 heteroatoms. The van der Waals surface area contributed by atoms with Crippen LogP contribution in [0.5, 0.6) is 0 Å². The van der Waals surface area contributed by atoms with Crippen LogP contribution in [0.2, 0.25) is 10.0 Å². The molecular formula is C19H15Cl2FN2O5. The number of aliphatic hydroxyl groups excluding tert-OH is 1. The van der Waals surface area contributed by atoms with Gasteiger partial charge in [0, 0.05) is 11.8 Å². The van der Waals surface area contributed by atoms with Crippen LogP contribution >= 0.6 is 23.2 Å². The minimum absolute atomic E-state index is 0.00893. The van der Waals surface area contributed by atoms with E-state index in [2.05, 4.69) is 4.99 Å². The summed E-state index contributed by atoms with van der Waals surface area (Å²) < 4.78 is 18.9. The Hall–Kier alpha value is -2.97. The number of carbonyl (C=O) groups is 1. The molecule has 29 heavy (non-hydrogen) atoms. The van der Waals surface area contributed by atoms with Crippen molar-refractivity contribution in [2.45, 2.75) is 13.5 Å². The third kappa shape index (κ3) is 5.30. The minimum Gasteiger partial charge on any atom is -0.506 e. The van der Waals surface area contributed by atoms with Crippen molar-refractivity contribution in [2.24, 2.45) is 4.99 Å². The SMILES string of the molecule is CCOC(=O)C(C=NCc1ccccc1)=C(O)c1cc(F)c(Cl)c([N+](=O)[O-])c1Cl. The van der Waals surface area contributed by atoms with Crippen molar-refractivity contribution in [3.63, 3.8) is 0 Å². The van der Waals surface area contributed by atoms with Crippen LogP contribution in [0.4, 0.5) is 10.1 Å². The van der Waals surface area contributed by atoms with Crippen LogP contribution in [0.15, 0.2) is 47.0 Å². The molecule has 0 radical (unpaired) electrons. The Kier molecular flexibility index (Phi) is 7.69. The molecule has 152 valence electrons. The number of benzene rings is 2. The van der Waals surface area contributed by atoms with Gasteiger partial charge in [-0.2, -0.15) is 0 Å². The summed E-state index contributed by atoms with van der Waals surface area (Å²) in [5, 5.41) is 20.3. The van der Waals surface area contributed by atoms with E-state index < -0.39 is 49.3 Å². The van der Waals surface area contributed by atoms with Crippen molar-refractivity contribution in [1.29, 1.82) is 0 Å². The van der Waals surface area contributed by atoms with Gasteiger partial charge in [-0.05, 0) is 18.6 Å². The van der Waals surface area contributed by atoms with E-state index in [1.165, 1.54) is 0 Å². The molecule has 0 unspecified atom stereocenters. The Morgan fingerprint density at radius 2 is 1.97 bits per heavy atom. The summed E-state index contributed by atoms with van der Waals surface area (Å²) in [4.78, 5) is 26.5. The molecular weight excluding hydrogens is 426 g/mol. The lowest BCUT2D eigenvalue weighted by atomic mass is 10.1. The number of hydrogen-bond donors (Lipinski definition) is 1. The number of nitro groups is 1. The summed E-state index contributed by atoms with van der Waals surface area (Å²) in [6, 6.07) is 9.74. The van der Waals surface area contributed by atoms with Gasteiger partial charge in [-0.3, -0.25) is 15.1 Å². The first-order valence-electron chi connectivity index (χ1n) is 8.24. The number of nitro benzene ring substituents is 1. The molecule has 0 atom stereocenters. The van der Waals surface area contributed by atoms with E-state index in [1.807, 2.05) is 6.07 Å². The molecule has 0 amide bonds. The molecule has 2 rings (SSSR count). The van der Waals surface area contributed by atoms with Crippen LogP contribution in [0.3, 0.4) is 0 Å². The molecule has 0 fully saturated rings. The molecule has 0 spiro atoms. The molecule has 2 aromatic rings. The second-order valence-corrected chi connectivity index (χ2v) is 6.33. The molecule has 0 bridgehead atoms. The molecule has 7 nitrogen and oxygen atoms in total. The van der Waals surface area contributed by atoms with Crippen LogP contribution in [0.1, 0.15) is 18.1 Å². The van der Waals surface area contributed by atoms with Gasteiger partial charge in [0.15, 0.2) is 5.02 Å². The van der Waals surface area contributed by atoms with Crippen LogP contribution in [0.25, 0.3) is 5.76 Å². The predicted molar refractivity (Wildman–Crippen MR) is 108 cm³/mol. The Bertz CT molecular complexity index is 994. The molecule has 0 saturated carbocycles. The molecule has 1 N–H and O–H groups in total. The highest BCUT2D eigenvalue weighted by atomic mass is 35.5. The van der Waals surface area contributed by atoms with Gasteiger partial charge in [-0.15, -0.1) is 0 Å². The quantitative estimate of drug-likeness (QED) is 0.122. The van der Waals surface area contributed by atoms with Crippen LogP contribution in [-0.2, 0) is 16.1 Å². The van der Waals surface area contributed by atoms with Crippen molar-refractivity contribution in [1.82, 2.24) is 0 Å². The fourth-order valence-corrected chi connectivity index (χ4v) is 2.89. The topological polar surface area (TPSA) is 102 Å². The summed E-state index contributed by atoms with van der Waals surface area (Å²) >= 11 is 11.5. The van der Waals surface area contributed by atoms with Gasteiger partial charge >= 0.3 is 11.7 Å². The van der Waals surface area contributed by atoms with Crippen molar-refractivity contribution >= 4 is 46.8 Å². The van der Waals surface area contributed by atoms with Gasteiger partial charge in [0.05, 0.1) is 18.1 Å². The number of nitrogens with zero attached hydrogens (tertiary/aromatic N) is 2. The van der Waals surface area contributed by atoms with E-state index in [1.54, 1.807) is 31.2 Å². The number of esters is 1. The van der Waals surface area contributed by atoms with Gasteiger partial charge < -0.3 is 9.84 Å². The Labute approximate surface area is 175 Å². The van der Waals surface area contributed by atoms with Gasteiger partial charge in [-0.1, -0.05) is 53.5 Å². The standard InChI is InChI=1S/C19H15Cl2FN2O5/c1-2-29-19(26)13(10-23-9-11-6-4-3-5-7-11)18(25)12-8-14(22)16(21)17(15(12)20)24(27)28/h3-8,10,25H,2,9H2,1H3. The lowest BCUT2D eigenvalue weighted by Crippen LogP contribution is -2.12. The highest BCUT2D eigenvalue weighted by Gasteiger charge is 2.28. The van der Waals surface area contributed by atoms with E-state index >= 15 is 0 Å². The van der Waals surface area contributed by atoms with Crippen molar-refractivity contribution in [2.75, 3.05) is 6.61 Å². The van der Waals surface area contributed by atoms with Gasteiger partial charge in [-0.25, -0.2) is 9.18 Å². The zero-order chi connectivity index (χ0) is 21.6. The number of hydrogen-bond acceptors (Lipinski definition) is 6. The Morgan fingerprint density at radius 3 is 2.55 bits per heavy atom. The van der Waals surface area contributed by atoms with Crippen LogP contribution in [0, 0.1) is 15.9 Å². The monoisotopic (exact) mass is 440 g/mol. The van der Waals surface area contributed by atoms with Gasteiger partial charge in [0.2, 0.25) is 0 Å². The molecule has 0 saturated heterocycles. The first kappa shape index (κ1) is 22.3. The maximum atomic E-state index is 14.0. The van der Waals surface area contributed by atoms with E-state index in [0.717, 1.165) is 11.8 Å². The molecule has 0 aliphatic rings. The van der Waals surface area contributed by atoms with Crippen molar-refractivity contribution in [3.8, 4) is 0 Å². The summed E-state index contributed by atoms with van der Waals surface area (Å²) in [5.41, 5.74) is -1.04. The van der Waals surface area contributed by atoms with E-state index in [4.69, 9.17) is 27.9 Å². The fraction of sp³-hybridized carbons (Fsp3) is 0.158. The molecule has 0 heterocycles. The molecule has 0 aromatic heterocycles. The second-order valence-electron chi connectivity index (χ2n) is 5.58. The zero-order valence-electron chi connectivity index (χ0n) is 15.1. The van der Waals surface area contributed by atoms with Gasteiger partial charge in [0.25, 0.3) is 0 Å². The van der Waals surface area contributed by atoms with E-state index in [9.17, 15) is 24.4 Å².